The summed E-state index contributed by atoms with van der Waals surface area (Å²) in [5.41, 5.74) is 6.86. The van der Waals surface area contributed by atoms with Gasteiger partial charge in [-0.05, 0) is 42.3 Å². The second-order valence-corrected chi connectivity index (χ2v) is 5.26. The molecule has 0 amide bonds. The predicted octanol–water partition coefficient (Wildman–Crippen LogP) is 4.64. The van der Waals surface area contributed by atoms with E-state index in [4.69, 9.17) is 17.3 Å². The third-order valence-corrected chi connectivity index (χ3v) is 3.74. The van der Waals surface area contributed by atoms with Gasteiger partial charge >= 0.3 is 6.18 Å². The fourth-order valence-corrected chi connectivity index (χ4v) is 2.53. The van der Waals surface area contributed by atoms with Gasteiger partial charge in [-0.2, -0.15) is 13.2 Å². The molecule has 1 unspecified atom stereocenters. The Morgan fingerprint density at radius 2 is 1.62 bits per heavy atom. The maximum Gasteiger partial charge on any atom is 0.416 e. The molecule has 0 heterocycles. The molecule has 0 bridgehead atoms. The Labute approximate surface area is 126 Å². The topological polar surface area (TPSA) is 26.0 Å². The molecule has 0 aliphatic carbocycles. The Morgan fingerprint density at radius 3 is 2.14 bits per heavy atom. The maximum absolute atomic E-state index is 12.5. The van der Waals surface area contributed by atoms with E-state index in [1.165, 1.54) is 12.1 Å². The zero-order valence-corrected chi connectivity index (χ0v) is 12.0. The van der Waals surface area contributed by atoms with Crippen molar-refractivity contribution in [2.75, 3.05) is 6.54 Å². The number of hydrogen-bond donors (Lipinski definition) is 1. The molecule has 2 rings (SSSR count). The Morgan fingerprint density at radius 1 is 1.00 bits per heavy atom. The SMILES string of the molecule is NCC(Cc1ccc(C(F)(F)F)cc1)c1ccccc1Cl. The van der Waals surface area contributed by atoms with Crippen LogP contribution in [0, 0.1) is 0 Å². The lowest BCUT2D eigenvalue weighted by molar-refractivity contribution is -0.137. The quantitative estimate of drug-likeness (QED) is 0.874. The molecule has 21 heavy (non-hydrogen) atoms. The summed E-state index contributed by atoms with van der Waals surface area (Å²) in [6.07, 6.45) is -3.76. The zero-order chi connectivity index (χ0) is 15.5. The average molecular weight is 314 g/mol. The molecule has 2 aromatic carbocycles. The molecule has 1 nitrogen and oxygen atoms in total. The number of halogens is 4. The Balaban J connectivity index is 2.18. The fourth-order valence-electron chi connectivity index (χ4n) is 2.24. The van der Waals surface area contributed by atoms with E-state index in [-0.39, 0.29) is 5.92 Å². The molecule has 0 saturated heterocycles. The first-order valence-corrected chi connectivity index (χ1v) is 6.90. The molecule has 2 N–H and O–H groups in total. The molecule has 1 atom stereocenters. The van der Waals surface area contributed by atoms with Crippen LogP contribution in [0.2, 0.25) is 5.02 Å². The summed E-state index contributed by atoms with van der Waals surface area (Å²) < 4.78 is 37.6. The van der Waals surface area contributed by atoms with E-state index >= 15 is 0 Å². The first kappa shape index (κ1) is 15.9. The van der Waals surface area contributed by atoms with Crippen LogP contribution in [-0.2, 0) is 12.6 Å². The molecule has 0 aromatic heterocycles. The molecular weight excluding hydrogens is 299 g/mol. The van der Waals surface area contributed by atoms with Crippen LogP contribution in [0.3, 0.4) is 0 Å². The summed E-state index contributed by atoms with van der Waals surface area (Å²) in [7, 11) is 0. The molecule has 0 saturated carbocycles. The van der Waals surface area contributed by atoms with Gasteiger partial charge in [-0.25, -0.2) is 0 Å². The fraction of sp³-hybridized carbons (Fsp3) is 0.250. The number of hydrogen-bond acceptors (Lipinski definition) is 1. The highest BCUT2D eigenvalue weighted by atomic mass is 35.5. The van der Waals surface area contributed by atoms with Gasteiger partial charge in [0.15, 0.2) is 0 Å². The lowest BCUT2D eigenvalue weighted by Gasteiger charge is -2.17. The smallest absolute Gasteiger partial charge is 0.330 e. The third kappa shape index (κ3) is 3.99. The van der Waals surface area contributed by atoms with Crippen molar-refractivity contribution in [1.82, 2.24) is 0 Å². The lowest BCUT2D eigenvalue weighted by Crippen LogP contribution is -2.15. The van der Waals surface area contributed by atoms with Gasteiger partial charge in [-0.15, -0.1) is 0 Å². The maximum atomic E-state index is 12.5. The van der Waals surface area contributed by atoms with Crippen LogP contribution in [0.1, 0.15) is 22.6 Å². The van der Waals surface area contributed by atoms with E-state index in [9.17, 15) is 13.2 Å². The Kier molecular flexibility index (Phi) is 4.91. The minimum absolute atomic E-state index is 0.0181. The zero-order valence-electron chi connectivity index (χ0n) is 11.2. The van der Waals surface area contributed by atoms with Crippen LogP contribution in [0.5, 0.6) is 0 Å². The van der Waals surface area contributed by atoms with Crippen molar-refractivity contribution < 1.29 is 13.2 Å². The van der Waals surface area contributed by atoms with E-state index in [2.05, 4.69) is 0 Å². The van der Waals surface area contributed by atoms with Gasteiger partial charge in [0.05, 0.1) is 5.56 Å². The van der Waals surface area contributed by atoms with Gasteiger partial charge < -0.3 is 5.73 Å². The molecular formula is C16H15ClF3N. The van der Waals surface area contributed by atoms with Gasteiger partial charge in [0, 0.05) is 10.9 Å². The van der Waals surface area contributed by atoms with Crippen molar-refractivity contribution in [3.05, 3.63) is 70.2 Å². The molecule has 112 valence electrons. The van der Waals surface area contributed by atoms with Gasteiger partial charge in [0.1, 0.15) is 0 Å². The summed E-state index contributed by atoms with van der Waals surface area (Å²) in [5.74, 6) is -0.0181. The van der Waals surface area contributed by atoms with Gasteiger partial charge in [0.2, 0.25) is 0 Å². The second-order valence-electron chi connectivity index (χ2n) is 4.85. The van der Waals surface area contributed by atoms with E-state index in [1.54, 1.807) is 6.07 Å². The van der Waals surface area contributed by atoms with Crippen LogP contribution < -0.4 is 5.73 Å². The standard InChI is InChI=1S/C16H15ClF3N/c17-15-4-2-1-3-14(15)12(10-21)9-11-5-7-13(8-6-11)16(18,19)20/h1-8,12H,9-10,21H2. The minimum Gasteiger partial charge on any atom is -0.330 e. The van der Waals surface area contributed by atoms with Gasteiger partial charge in [0.25, 0.3) is 0 Å². The predicted molar refractivity (Wildman–Crippen MR) is 78.4 cm³/mol. The highest BCUT2D eigenvalue weighted by molar-refractivity contribution is 6.31. The summed E-state index contributed by atoms with van der Waals surface area (Å²) in [5, 5.41) is 0.625. The van der Waals surface area contributed by atoms with Crippen molar-refractivity contribution in [3.63, 3.8) is 0 Å². The third-order valence-electron chi connectivity index (χ3n) is 3.39. The Bertz CT molecular complexity index is 593. The van der Waals surface area contributed by atoms with E-state index in [1.807, 2.05) is 18.2 Å². The highest BCUT2D eigenvalue weighted by Crippen LogP contribution is 2.31. The lowest BCUT2D eigenvalue weighted by atomic mass is 9.91. The summed E-state index contributed by atoms with van der Waals surface area (Å²) in [4.78, 5) is 0. The van der Waals surface area contributed by atoms with Crippen LogP contribution >= 0.6 is 11.6 Å². The number of benzene rings is 2. The molecule has 0 aliphatic heterocycles. The van der Waals surface area contributed by atoms with E-state index in [0.29, 0.717) is 18.0 Å². The van der Waals surface area contributed by atoms with E-state index in [0.717, 1.165) is 23.3 Å². The van der Waals surface area contributed by atoms with Crippen molar-refractivity contribution in [2.24, 2.45) is 5.73 Å². The van der Waals surface area contributed by atoms with Crippen LogP contribution in [0.25, 0.3) is 0 Å². The summed E-state index contributed by atoms with van der Waals surface area (Å²) >= 11 is 6.14. The summed E-state index contributed by atoms with van der Waals surface area (Å²) in [6.45, 7) is 0.380. The second kappa shape index (κ2) is 6.50. The largest absolute Gasteiger partial charge is 0.416 e. The molecule has 5 heteroatoms. The molecule has 0 spiro atoms. The average Bonchev–Trinajstić information content (AvgIpc) is 2.45. The van der Waals surface area contributed by atoms with Crippen molar-refractivity contribution in [2.45, 2.75) is 18.5 Å². The van der Waals surface area contributed by atoms with Gasteiger partial charge in [-0.3, -0.25) is 0 Å². The molecule has 2 aromatic rings. The van der Waals surface area contributed by atoms with Crippen molar-refractivity contribution in [1.29, 1.82) is 0 Å². The Hall–Kier alpha value is -1.52. The normalized spacial score (nSPS) is 13.2. The molecule has 0 radical (unpaired) electrons. The number of alkyl halides is 3. The highest BCUT2D eigenvalue weighted by Gasteiger charge is 2.30. The first-order chi connectivity index (χ1) is 9.91. The molecule has 0 aliphatic rings. The van der Waals surface area contributed by atoms with Crippen LogP contribution in [-0.4, -0.2) is 6.54 Å². The van der Waals surface area contributed by atoms with Crippen molar-refractivity contribution in [3.8, 4) is 0 Å². The number of nitrogens with two attached hydrogens (primary N) is 1. The molecule has 0 fully saturated rings. The minimum atomic E-state index is -4.31. The van der Waals surface area contributed by atoms with Crippen molar-refractivity contribution >= 4 is 11.6 Å². The van der Waals surface area contributed by atoms with Crippen LogP contribution in [0.4, 0.5) is 13.2 Å². The first-order valence-electron chi connectivity index (χ1n) is 6.52. The monoisotopic (exact) mass is 313 g/mol. The van der Waals surface area contributed by atoms with Gasteiger partial charge in [-0.1, -0.05) is 41.9 Å². The summed E-state index contributed by atoms with van der Waals surface area (Å²) in [6, 6.07) is 12.5. The van der Waals surface area contributed by atoms with Crippen LogP contribution in [0.15, 0.2) is 48.5 Å². The van der Waals surface area contributed by atoms with E-state index < -0.39 is 11.7 Å². The number of rotatable bonds is 4.